The lowest BCUT2D eigenvalue weighted by Gasteiger charge is -2.42. The van der Waals surface area contributed by atoms with Gasteiger partial charge in [0.05, 0.1) is 19.9 Å². The van der Waals surface area contributed by atoms with Crippen molar-refractivity contribution < 1.29 is 14.3 Å². The number of benzene rings is 1. The van der Waals surface area contributed by atoms with Gasteiger partial charge in [-0.25, -0.2) is 9.97 Å². The number of imidazole rings is 1. The fourth-order valence-corrected chi connectivity index (χ4v) is 5.10. The molecule has 0 saturated carbocycles. The van der Waals surface area contributed by atoms with Crippen molar-refractivity contribution in [2.24, 2.45) is 0 Å². The van der Waals surface area contributed by atoms with Gasteiger partial charge in [0.25, 0.3) is 0 Å². The second-order valence-corrected chi connectivity index (χ2v) is 10.7. The van der Waals surface area contributed by atoms with E-state index in [1.54, 1.807) is 32.9 Å². The number of carbonyl (C=O) groups is 1. The maximum absolute atomic E-state index is 13.3. The standard InChI is InChI=1S/C31H38N8O3/c1-22(2)26-16-29(36-31(35-26)39-11-10-33-21-39)38-13-12-37(19-24-6-5-9-32-17-24)25(20-38)15-30(40)34-18-23-7-8-27(41-3)28(14-23)42-4/h5-11,14,16-17,21-22,25H,12-13,15,18-20H2,1-4H3,(H,34,40). The molecule has 1 unspecified atom stereocenters. The van der Waals surface area contributed by atoms with Gasteiger partial charge in [-0.3, -0.25) is 19.2 Å². The first-order chi connectivity index (χ1) is 20.4. The van der Waals surface area contributed by atoms with E-state index in [4.69, 9.17) is 19.4 Å². The van der Waals surface area contributed by atoms with Gasteiger partial charge in [0.15, 0.2) is 11.5 Å². The number of piperazine rings is 1. The van der Waals surface area contributed by atoms with Crippen LogP contribution >= 0.6 is 0 Å². The highest BCUT2D eigenvalue weighted by atomic mass is 16.5. The second kappa shape index (κ2) is 13.4. The van der Waals surface area contributed by atoms with Crippen LogP contribution in [0.15, 0.2) is 67.5 Å². The maximum Gasteiger partial charge on any atom is 0.237 e. The molecule has 3 aromatic heterocycles. The smallest absolute Gasteiger partial charge is 0.237 e. The van der Waals surface area contributed by atoms with Crippen LogP contribution in [-0.4, -0.2) is 75.2 Å². The van der Waals surface area contributed by atoms with Crippen molar-refractivity contribution in [1.29, 1.82) is 0 Å². The molecule has 1 amide bonds. The van der Waals surface area contributed by atoms with E-state index in [0.717, 1.165) is 42.3 Å². The molecule has 42 heavy (non-hydrogen) atoms. The summed E-state index contributed by atoms with van der Waals surface area (Å²) in [6.45, 7) is 7.59. The Balaban J connectivity index is 1.34. The highest BCUT2D eigenvalue weighted by molar-refractivity contribution is 5.76. The molecule has 1 saturated heterocycles. The van der Waals surface area contributed by atoms with Gasteiger partial charge < -0.3 is 19.7 Å². The van der Waals surface area contributed by atoms with Crippen molar-refractivity contribution in [3.05, 3.63) is 84.3 Å². The SMILES string of the molecule is COc1ccc(CNC(=O)CC2CN(c3cc(C(C)C)nc(-n4ccnc4)n3)CCN2Cc2cccnc2)cc1OC. The van der Waals surface area contributed by atoms with Gasteiger partial charge in [0.1, 0.15) is 12.1 Å². The zero-order valence-electron chi connectivity index (χ0n) is 24.6. The van der Waals surface area contributed by atoms with E-state index in [1.807, 2.05) is 41.2 Å². The topological polar surface area (TPSA) is 111 Å². The number of pyridine rings is 1. The Kier molecular flexibility index (Phi) is 9.28. The molecule has 1 aliphatic rings. The minimum absolute atomic E-state index is 0.0162. The summed E-state index contributed by atoms with van der Waals surface area (Å²) < 4.78 is 12.6. The number of nitrogens with zero attached hydrogens (tertiary/aromatic N) is 7. The third-order valence-electron chi connectivity index (χ3n) is 7.44. The molecule has 0 radical (unpaired) electrons. The van der Waals surface area contributed by atoms with E-state index < -0.39 is 0 Å². The summed E-state index contributed by atoms with van der Waals surface area (Å²) in [5.74, 6) is 2.96. The third kappa shape index (κ3) is 7.03. The molecule has 4 heterocycles. The summed E-state index contributed by atoms with van der Waals surface area (Å²) in [6.07, 6.45) is 9.29. The first kappa shape index (κ1) is 29.0. The van der Waals surface area contributed by atoms with Crippen LogP contribution in [0.4, 0.5) is 5.82 Å². The van der Waals surface area contributed by atoms with Crippen LogP contribution in [0.5, 0.6) is 11.5 Å². The predicted octanol–water partition coefficient (Wildman–Crippen LogP) is 3.60. The number of aromatic nitrogens is 5. The number of hydrogen-bond donors (Lipinski definition) is 1. The summed E-state index contributed by atoms with van der Waals surface area (Å²) in [6, 6.07) is 11.7. The first-order valence-electron chi connectivity index (χ1n) is 14.2. The van der Waals surface area contributed by atoms with E-state index in [0.29, 0.717) is 37.0 Å². The highest BCUT2D eigenvalue weighted by Crippen LogP contribution is 2.28. The van der Waals surface area contributed by atoms with E-state index in [-0.39, 0.29) is 17.9 Å². The summed E-state index contributed by atoms with van der Waals surface area (Å²) in [5, 5.41) is 3.10. The van der Waals surface area contributed by atoms with Gasteiger partial charge in [-0.1, -0.05) is 26.0 Å². The number of anilines is 1. The lowest BCUT2D eigenvalue weighted by molar-refractivity contribution is -0.122. The molecule has 1 N–H and O–H groups in total. The van der Waals surface area contributed by atoms with Gasteiger partial charge in [-0.15, -0.1) is 0 Å². The Morgan fingerprint density at radius 2 is 1.88 bits per heavy atom. The second-order valence-electron chi connectivity index (χ2n) is 10.7. The van der Waals surface area contributed by atoms with E-state index in [1.165, 1.54) is 0 Å². The molecule has 5 rings (SSSR count). The average molecular weight is 571 g/mol. The number of carbonyl (C=O) groups excluding carboxylic acids is 1. The summed E-state index contributed by atoms with van der Waals surface area (Å²) in [5.41, 5.74) is 3.02. The monoisotopic (exact) mass is 570 g/mol. The van der Waals surface area contributed by atoms with Crippen LogP contribution in [0, 0.1) is 0 Å². The van der Waals surface area contributed by atoms with Crippen molar-refractivity contribution in [1.82, 2.24) is 34.7 Å². The zero-order valence-corrected chi connectivity index (χ0v) is 24.6. The lowest BCUT2D eigenvalue weighted by atomic mass is 10.1. The number of ether oxygens (including phenoxy) is 2. The van der Waals surface area contributed by atoms with Crippen molar-refractivity contribution in [3.8, 4) is 17.4 Å². The van der Waals surface area contributed by atoms with Crippen molar-refractivity contribution >= 4 is 11.7 Å². The van der Waals surface area contributed by atoms with Crippen LogP contribution in [0.2, 0.25) is 0 Å². The molecule has 1 atom stereocenters. The molecule has 1 fully saturated rings. The van der Waals surface area contributed by atoms with Gasteiger partial charge in [0.2, 0.25) is 11.9 Å². The van der Waals surface area contributed by atoms with E-state index >= 15 is 0 Å². The number of nitrogens with one attached hydrogen (secondary N) is 1. The number of amides is 1. The Morgan fingerprint density at radius 3 is 2.60 bits per heavy atom. The molecule has 4 aromatic rings. The lowest BCUT2D eigenvalue weighted by Crippen LogP contribution is -2.54. The molecule has 0 aliphatic carbocycles. The summed E-state index contributed by atoms with van der Waals surface area (Å²) >= 11 is 0. The molecule has 0 spiro atoms. The van der Waals surface area contributed by atoms with Crippen LogP contribution in [-0.2, 0) is 17.9 Å². The van der Waals surface area contributed by atoms with Gasteiger partial charge in [-0.05, 0) is 35.2 Å². The third-order valence-corrected chi connectivity index (χ3v) is 7.44. The summed E-state index contributed by atoms with van der Waals surface area (Å²) in [4.78, 5) is 36.1. The van der Waals surface area contributed by atoms with Crippen molar-refractivity contribution in [2.45, 2.75) is 45.3 Å². The Hall–Kier alpha value is -4.51. The van der Waals surface area contributed by atoms with Gasteiger partial charge in [0, 0.05) is 76.0 Å². The van der Waals surface area contributed by atoms with E-state index in [2.05, 4.69) is 51.1 Å². The van der Waals surface area contributed by atoms with Crippen molar-refractivity contribution in [3.63, 3.8) is 0 Å². The molecule has 1 aromatic carbocycles. The molecule has 11 heteroatoms. The molecule has 11 nitrogen and oxygen atoms in total. The Morgan fingerprint density at radius 1 is 1.02 bits per heavy atom. The van der Waals surface area contributed by atoms with E-state index in [9.17, 15) is 4.79 Å². The normalized spacial score (nSPS) is 15.5. The van der Waals surface area contributed by atoms with Gasteiger partial charge >= 0.3 is 0 Å². The quantitative estimate of drug-likeness (QED) is 0.289. The fraction of sp³-hybridized carbons (Fsp3) is 0.387. The molecule has 220 valence electrons. The molecular formula is C31H38N8O3. The van der Waals surface area contributed by atoms with Crippen molar-refractivity contribution in [2.75, 3.05) is 38.8 Å². The minimum Gasteiger partial charge on any atom is -0.493 e. The molecule has 1 aliphatic heterocycles. The molecule has 0 bridgehead atoms. The largest absolute Gasteiger partial charge is 0.493 e. The Bertz CT molecular complexity index is 1460. The number of methoxy groups -OCH3 is 2. The number of hydrogen-bond acceptors (Lipinski definition) is 9. The first-order valence-corrected chi connectivity index (χ1v) is 14.2. The molecular weight excluding hydrogens is 532 g/mol. The predicted molar refractivity (Wildman–Crippen MR) is 160 cm³/mol. The maximum atomic E-state index is 13.3. The van der Waals surface area contributed by atoms with Crippen LogP contribution in [0.25, 0.3) is 5.95 Å². The number of rotatable bonds is 11. The van der Waals surface area contributed by atoms with Crippen LogP contribution in [0.3, 0.4) is 0 Å². The zero-order chi connectivity index (χ0) is 29.5. The average Bonchev–Trinajstić information content (AvgIpc) is 3.56. The van der Waals surface area contributed by atoms with Crippen LogP contribution in [0.1, 0.15) is 43.0 Å². The fourth-order valence-electron chi connectivity index (χ4n) is 5.10. The minimum atomic E-state index is -0.0291. The summed E-state index contributed by atoms with van der Waals surface area (Å²) in [7, 11) is 3.21. The Labute approximate surface area is 246 Å². The van der Waals surface area contributed by atoms with Gasteiger partial charge in [-0.2, -0.15) is 4.98 Å². The highest BCUT2D eigenvalue weighted by Gasteiger charge is 2.30. The van der Waals surface area contributed by atoms with Crippen LogP contribution < -0.4 is 19.7 Å².